The average molecular weight is 274 g/mol. The van der Waals surface area contributed by atoms with Crippen molar-refractivity contribution in [3.8, 4) is 5.75 Å². The molecule has 0 fully saturated rings. The molecule has 0 unspecified atom stereocenters. The first-order valence-corrected chi connectivity index (χ1v) is 6.54. The molecule has 0 saturated carbocycles. The molecule has 106 valence electrons. The molecular weight excluding hydrogens is 255 g/mol. The highest BCUT2D eigenvalue weighted by atomic mass is 19.1. The van der Waals surface area contributed by atoms with Crippen LogP contribution in [0, 0.1) is 12.7 Å². The zero-order valence-electron chi connectivity index (χ0n) is 11.9. The highest BCUT2D eigenvalue weighted by molar-refractivity contribution is 5.68. The topological polar surface area (TPSA) is 47.3 Å². The van der Waals surface area contributed by atoms with E-state index in [4.69, 9.17) is 10.5 Å². The van der Waals surface area contributed by atoms with E-state index in [1.807, 2.05) is 26.8 Å². The van der Waals surface area contributed by atoms with Crippen molar-refractivity contribution in [1.82, 2.24) is 0 Å². The van der Waals surface area contributed by atoms with Gasteiger partial charge in [0.2, 0.25) is 0 Å². The van der Waals surface area contributed by atoms with Gasteiger partial charge in [0.25, 0.3) is 0 Å². The van der Waals surface area contributed by atoms with Crippen LogP contribution < -0.4 is 15.8 Å². The molecule has 3 N–H and O–H groups in total. The van der Waals surface area contributed by atoms with Crippen molar-refractivity contribution in [3.05, 3.63) is 47.8 Å². The standard InChI is InChI=1S/C16H19FN2O/c1-10(2)20-15-8-13(18)7-14(9-15)19-16-6-12(17)5-4-11(16)3/h4-10,19H,18H2,1-3H3. The van der Waals surface area contributed by atoms with Crippen LogP contribution in [0.3, 0.4) is 0 Å². The maximum atomic E-state index is 13.3. The summed E-state index contributed by atoms with van der Waals surface area (Å²) in [5.74, 6) is 0.414. The van der Waals surface area contributed by atoms with E-state index in [0.717, 1.165) is 11.3 Å². The molecule has 2 rings (SSSR count). The summed E-state index contributed by atoms with van der Waals surface area (Å²) in [7, 11) is 0. The molecule has 0 heterocycles. The van der Waals surface area contributed by atoms with E-state index in [1.165, 1.54) is 12.1 Å². The Hall–Kier alpha value is -2.23. The second-order valence-corrected chi connectivity index (χ2v) is 5.04. The lowest BCUT2D eigenvalue weighted by Crippen LogP contribution is -2.06. The Morgan fingerprint density at radius 2 is 1.90 bits per heavy atom. The van der Waals surface area contributed by atoms with Crippen molar-refractivity contribution in [2.75, 3.05) is 11.1 Å². The van der Waals surface area contributed by atoms with E-state index in [0.29, 0.717) is 17.1 Å². The fourth-order valence-electron chi connectivity index (χ4n) is 1.92. The summed E-state index contributed by atoms with van der Waals surface area (Å²) in [6.07, 6.45) is 0.0700. The fourth-order valence-corrected chi connectivity index (χ4v) is 1.92. The number of halogens is 1. The first-order valence-electron chi connectivity index (χ1n) is 6.54. The number of ether oxygens (including phenoxy) is 1. The summed E-state index contributed by atoms with van der Waals surface area (Å²) < 4.78 is 18.9. The predicted octanol–water partition coefficient (Wildman–Crippen LogP) is 4.25. The lowest BCUT2D eigenvalue weighted by atomic mass is 10.2. The summed E-state index contributed by atoms with van der Waals surface area (Å²) in [5.41, 5.74) is 8.90. The van der Waals surface area contributed by atoms with E-state index in [1.54, 1.807) is 18.2 Å². The largest absolute Gasteiger partial charge is 0.491 e. The highest BCUT2D eigenvalue weighted by Gasteiger charge is 2.05. The van der Waals surface area contributed by atoms with Gasteiger partial charge in [-0.25, -0.2) is 4.39 Å². The molecule has 3 nitrogen and oxygen atoms in total. The number of anilines is 3. The van der Waals surface area contributed by atoms with Gasteiger partial charge in [-0.3, -0.25) is 0 Å². The zero-order chi connectivity index (χ0) is 14.7. The van der Waals surface area contributed by atoms with Crippen molar-refractivity contribution in [3.63, 3.8) is 0 Å². The van der Waals surface area contributed by atoms with E-state index < -0.39 is 0 Å². The van der Waals surface area contributed by atoms with Crippen LogP contribution in [0.4, 0.5) is 21.5 Å². The fraction of sp³-hybridized carbons (Fsp3) is 0.250. The highest BCUT2D eigenvalue weighted by Crippen LogP contribution is 2.27. The number of hydrogen-bond donors (Lipinski definition) is 2. The van der Waals surface area contributed by atoms with E-state index >= 15 is 0 Å². The molecular formula is C16H19FN2O. The van der Waals surface area contributed by atoms with Crippen LogP contribution in [-0.2, 0) is 0 Å². The molecule has 2 aromatic carbocycles. The van der Waals surface area contributed by atoms with Gasteiger partial charge < -0.3 is 15.8 Å². The normalized spacial score (nSPS) is 10.7. The number of nitrogens with two attached hydrogens (primary N) is 1. The molecule has 0 aromatic heterocycles. The first-order chi connectivity index (χ1) is 9.44. The maximum Gasteiger partial charge on any atom is 0.125 e. The molecule has 0 saturated heterocycles. The Bertz CT molecular complexity index is 611. The van der Waals surface area contributed by atoms with E-state index in [-0.39, 0.29) is 11.9 Å². The van der Waals surface area contributed by atoms with Crippen molar-refractivity contribution in [2.45, 2.75) is 26.9 Å². The number of rotatable bonds is 4. The molecule has 0 radical (unpaired) electrons. The molecule has 0 aliphatic rings. The maximum absolute atomic E-state index is 13.3. The molecule has 2 aromatic rings. The van der Waals surface area contributed by atoms with Gasteiger partial charge in [-0.2, -0.15) is 0 Å². The Kier molecular flexibility index (Phi) is 4.13. The van der Waals surface area contributed by atoms with Crippen LogP contribution in [-0.4, -0.2) is 6.10 Å². The Morgan fingerprint density at radius 3 is 2.60 bits per heavy atom. The van der Waals surface area contributed by atoms with Gasteiger partial charge in [0.15, 0.2) is 0 Å². The molecule has 0 aliphatic heterocycles. The number of aryl methyl sites for hydroxylation is 1. The molecule has 0 spiro atoms. The van der Waals surface area contributed by atoms with Crippen molar-refractivity contribution >= 4 is 17.1 Å². The predicted molar refractivity (Wildman–Crippen MR) is 81.0 cm³/mol. The van der Waals surface area contributed by atoms with Crippen LogP contribution >= 0.6 is 0 Å². The van der Waals surface area contributed by atoms with Gasteiger partial charge in [-0.1, -0.05) is 6.07 Å². The van der Waals surface area contributed by atoms with Crippen LogP contribution in [0.5, 0.6) is 5.75 Å². The number of nitrogen functional groups attached to an aromatic ring is 1. The number of nitrogens with one attached hydrogen (secondary N) is 1. The van der Waals surface area contributed by atoms with E-state index in [9.17, 15) is 4.39 Å². The Morgan fingerprint density at radius 1 is 1.15 bits per heavy atom. The number of benzene rings is 2. The van der Waals surface area contributed by atoms with Crippen LogP contribution in [0.2, 0.25) is 0 Å². The molecule has 20 heavy (non-hydrogen) atoms. The third kappa shape index (κ3) is 3.63. The second kappa shape index (κ2) is 5.82. The van der Waals surface area contributed by atoms with Gasteiger partial charge in [-0.15, -0.1) is 0 Å². The van der Waals surface area contributed by atoms with Crippen molar-refractivity contribution < 1.29 is 9.13 Å². The van der Waals surface area contributed by atoms with E-state index in [2.05, 4.69) is 5.32 Å². The summed E-state index contributed by atoms with van der Waals surface area (Å²) in [6, 6.07) is 10.0. The van der Waals surface area contributed by atoms with Gasteiger partial charge in [0.1, 0.15) is 11.6 Å². The van der Waals surface area contributed by atoms with Gasteiger partial charge in [0, 0.05) is 29.2 Å². The lowest BCUT2D eigenvalue weighted by molar-refractivity contribution is 0.242. The second-order valence-electron chi connectivity index (χ2n) is 5.04. The monoisotopic (exact) mass is 274 g/mol. The summed E-state index contributed by atoms with van der Waals surface area (Å²) in [4.78, 5) is 0. The third-order valence-corrected chi connectivity index (χ3v) is 2.78. The summed E-state index contributed by atoms with van der Waals surface area (Å²) in [5, 5.41) is 3.17. The van der Waals surface area contributed by atoms with Crippen LogP contribution in [0.1, 0.15) is 19.4 Å². The molecule has 0 aliphatic carbocycles. The summed E-state index contributed by atoms with van der Waals surface area (Å²) >= 11 is 0. The molecule has 0 atom stereocenters. The van der Waals surface area contributed by atoms with Crippen molar-refractivity contribution in [2.24, 2.45) is 0 Å². The quantitative estimate of drug-likeness (QED) is 0.819. The average Bonchev–Trinajstić information content (AvgIpc) is 2.32. The summed E-state index contributed by atoms with van der Waals surface area (Å²) in [6.45, 7) is 5.82. The minimum Gasteiger partial charge on any atom is -0.491 e. The molecule has 4 heteroatoms. The Labute approximate surface area is 118 Å². The molecule has 0 amide bonds. The Balaban J connectivity index is 2.28. The molecule has 0 bridgehead atoms. The zero-order valence-corrected chi connectivity index (χ0v) is 11.9. The lowest BCUT2D eigenvalue weighted by Gasteiger charge is -2.14. The smallest absolute Gasteiger partial charge is 0.125 e. The minimum absolute atomic E-state index is 0.0700. The minimum atomic E-state index is -0.277. The van der Waals surface area contributed by atoms with Gasteiger partial charge >= 0.3 is 0 Å². The third-order valence-electron chi connectivity index (χ3n) is 2.78. The number of hydrogen-bond acceptors (Lipinski definition) is 3. The van der Waals surface area contributed by atoms with Crippen LogP contribution in [0.15, 0.2) is 36.4 Å². The van der Waals surface area contributed by atoms with Gasteiger partial charge in [-0.05, 0) is 44.5 Å². The van der Waals surface area contributed by atoms with Gasteiger partial charge in [0.05, 0.1) is 6.10 Å². The van der Waals surface area contributed by atoms with Crippen molar-refractivity contribution in [1.29, 1.82) is 0 Å². The SMILES string of the molecule is Cc1ccc(F)cc1Nc1cc(N)cc(OC(C)C)c1. The first kappa shape index (κ1) is 14.2. The van der Waals surface area contributed by atoms with Crippen LogP contribution in [0.25, 0.3) is 0 Å².